The molecule has 0 aromatic heterocycles. The number of anilines is 1. The van der Waals surface area contributed by atoms with Crippen LogP contribution in [0.25, 0.3) is 0 Å². The van der Waals surface area contributed by atoms with Crippen molar-refractivity contribution in [3.8, 4) is 0 Å². The summed E-state index contributed by atoms with van der Waals surface area (Å²) in [6.45, 7) is 5.54. The van der Waals surface area contributed by atoms with Gasteiger partial charge in [-0.1, -0.05) is 12.5 Å². The standard InChI is InChI=1S/C17H26N2O2/c1-2-21-17(20)6-4-3-5-10-19-11-9-14-7-8-16(18)12-15(14)13-19/h7-8,12H,2-6,9-11,13,18H2,1H3. The van der Waals surface area contributed by atoms with Crippen molar-refractivity contribution in [1.82, 2.24) is 4.90 Å². The van der Waals surface area contributed by atoms with Gasteiger partial charge in [-0.25, -0.2) is 0 Å². The van der Waals surface area contributed by atoms with Gasteiger partial charge in [0.1, 0.15) is 0 Å². The molecule has 0 fully saturated rings. The Labute approximate surface area is 127 Å². The Bertz CT molecular complexity index is 474. The molecule has 0 saturated heterocycles. The third-order valence-corrected chi connectivity index (χ3v) is 3.98. The fourth-order valence-electron chi connectivity index (χ4n) is 2.84. The van der Waals surface area contributed by atoms with Crippen LogP contribution in [-0.2, 0) is 22.5 Å². The van der Waals surface area contributed by atoms with Gasteiger partial charge in [0, 0.05) is 25.2 Å². The van der Waals surface area contributed by atoms with Crippen LogP contribution in [0.15, 0.2) is 18.2 Å². The van der Waals surface area contributed by atoms with Gasteiger partial charge in [0.05, 0.1) is 6.61 Å². The average molecular weight is 290 g/mol. The van der Waals surface area contributed by atoms with Crippen molar-refractivity contribution in [2.45, 2.75) is 45.6 Å². The second-order valence-electron chi connectivity index (χ2n) is 5.67. The summed E-state index contributed by atoms with van der Waals surface area (Å²) in [6.07, 6.45) is 4.80. The van der Waals surface area contributed by atoms with Crippen molar-refractivity contribution in [3.63, 3.8) is 0 Å². The molecule has 1 heterocycles. The molecule has 1 aromatic carbocycles. The molecule has 0 atom stereocenters. The summed E-state index contributed by atoms with van der Waals surface area (Å²) in [4.78, 5) is 13.7. The van der Waals surface area contributed by atoms with E-state index in [-0.39, 0.29) is 5.97 Å². The van der Waals surface area contributed by atoms with Crippen molar-refractivity contribution in [2.24, 2.45) is 0 Å². The first-order valence-corrected chi connectivity index (χ1v) is 7.94. The maximum Gasteiger partial charge on any atom is 0.305 e. The summed E-state index contributed by atoms with van der Waals surface area (Å²) >= 11 is 0. The fourth-order valence-corrected chi connectivity index (χ4v) is 2.84. The maximum atomic E-state index is 11.2. The smallest absolute Gasteiger partial charge is 0.305 e. The van der Waals surface area contributed by atoms with Crippen molar-refractivity contribution in [2.75, 3.05) is 25.4 Å². The number of hydrogen-bond donors (Lipinski definition) is 1. The molecule has 0 aliphatic carbocycles. The number of benzene rings is 1. The van der Waals surface area contributed by atoms with Gasteiger partial charge in [-0.15, -0.1) is 0 Å². The Morgan fingerprint density at radius 1 is 1.29 bits per heavy atom. The lowest BCUT2D eigenvalue weighted by Gasteiger charge is -2.28. The molecule has 1 aliphatic rings. The molecular weight excluding hydrogens is 264 g/mol. The molecule has 1 aliphatic heterocycles. The normalized spacial score (nSPS) is 14.7. The summed E-state index contributed by atoms with van der Waals surface area (Å²) in [5.41, 5.74) is 9.51. The van der Waals surface area contributed by atoms with Crippen LogP contribution in [0.5, 0.6) is 0 Å². The molecule has 0 bridgehead atoms. The van der Waals surface area contributed by atoms with Crippen LogP contribution in [0.1, 0.15) is 43.7 Å². The van der Waals surface area contributed by atoms with Gasteiger partial charge >= 0.3 is 5.97 Å². The highest BCUT2D eigenvalue weighted by Crippen LogP contribution is 2.21. The van der Waals surface area contributed by atoms with Gasteiger partial charge in [-0.2, -0.15) is 0 Å². The molecule has 0 amide bonds. The number of carbonyl (C=O) groups is 1. The Morgan fingerprint density at radius 2 is 2.14 bits per heavy atom. The minimum absolute atomic E-state index is 0.0696. The molecule has 0 unspecified atom stereocenters. The van der Waals surface area contributed by atoms with Gasteiger partial charge in [0.25, 0.3) is 0 Å². The van der Waals surface area contributed by atoms with Gasteiger partial charge in [-0.05, 0) is 56.0 Å². The third kappa shape index (κ3) is 5.05. The molecule has 0 radical (unpaired) electrons. The Balaban J connectivity index is 1.65. The number of rotatable bonds is 7. The van der Waals surface area contributed by atoms with Gasteiger partial charge < -0.3 is 10.5 Å². The summed E-state index contributed by atoms with van der Waals surface area (Å²) in [5, 5.41) is 0. The first-order valence-electron chi connectivity index (χ1n) is 7.94. The van der Waals surface area contributed by atoms with E-state index in [1.807, 2.05) is 13.0 Å². The SMILES string of the molecule is CCOC(=O)CCCCCN1CCc2ccc(N)cc2C1. The fraction of sp³-hybridized carbons (Fsp3) is 0.588. The molecule has 4 heteroatoms. The number of nitrogens with zero attached hydrogens (tertiary/aromatic N) is 1. The van der Waals surface area contributed by atoms with Crippen LogP contribution >= 0.6 is 0 Å². The highest BCUT2D eigenvalue weighted by molar-refractivity contribution is 5.69. The summed E-state index contributed by atoms with van der Waals surface area (Å²) in [7, 11) is 0. The number of ether oxygens (including phenoxy) is 1. The average Bonchev–Trinajstić information content (AvgIpc) is 2.46. The molecule has 2 N–H and O–H groups in total. The summed E-state index contributed by atoms with van der Waals surface area (Å²) in [5.74, 6) is -0.0696. The molecule has 0 spiro atoms. The number of fused-ring (bicyclic) bond motifs is 1. The van der Waals surface area contributed by atoms with Crippen LogP contribution in [0, 0.1) is 0 Å². The van der Waals surface area contributed by atoms with Crippen molar-refractivity contribution in [1.29, 1.82) is 0 Å². The number of carbonyl (C=O) groups excluding carboxylic acids is 1. The van der Waals surface area contributed by atoms with Crippen LogP contribution < -0.4 is 5.73 Å². The molecule has 116 valence electrons. The molecule has 21 heavy (non-hydrogen) atoms. The first kappa shape index (κ1) is 15.8. The monoisotopic (exact) mass is 290 g/mol. The van der Waals surface area contributed by atoms with Crippen LogP contribution in [0.2, 0.25) is 0 Å². The zero-order chi connectivity index (χ0) is 15.1. The quantitative estimate of drug-likeness (QED) is 0.476. The molecule has 4 nitrogen and oxygen atoms in total. The zero-order valence-electron chi connectivity index (χ0n) is 12.9. The highest BCUT2D eigenvalue weighted by atomic mass is 16.5. The zero-order valence-corrected chi connectivity index (χ0v) is 12.9. The number of unbranched alkanes of at least 4 members (excludes halogenated alkanes) is 2. The lowest BCUT2D eigenvalue weighted by molar-refractivity contribution is -0.143. The highest BCUT2D eigenvalue weighted by Gasteiger charge is 2.15. The Kier molecular flexibility index (Phi) is 6.05. The number of esters is 1. The minimum atomic E-state index is -0.0696. The molecule has 1 aromatic rings. The van der Waals surface area contributed by atoms with E-state index in [0.717, 1.165) is 51.0 Å². The number of nitrogen functional groups attached to an aromatic ring is 1. The van der Waals surface area contributed by atoms with E-state index in [1.165, 1.54) is 11.1 Å². The lowest BCUT2D eigenvalue weighted by Crippen LogP contribution is -2.31. The molecule has 2 rings (SSSR count). The summed E-state index contributed by atoms with van der Waals surface area (Å²) in [6, 6.07) is 6.24. The molecular formula is C17H26N2O2. The second-order valence-corrected chi connectivity index (χ2v) is 5.67. The van der Waals surface area contributed by atoms with E-state index in [0.29, 0.717) is 13.0 Å². The lowest BCUT2D eigenvalue weighted by atomic mass is 9.99. The Hall–Kier alpha value is -1.55. The van der Waals surface area contributed by atoms with Crippen molar-refractivity contribution < 1.29 is 9.53 Å². The van der Waals surface area contributed by atoms with E-state index in [1.54, 1.807) is 0 Å². The second kappa shape index (κ2) is 8.03. The Morgan fingerprint density at radius 3 is 2.95 bits per heavy atom. The van der Waals surface area contributed by atoms with E-state index >= 15 is 0 Å². The van der Waals surface area contributed by atoms with Crippen LogP contribution in [0.4, 0.5) is 5.69 Å². The van der Waals surface area contributed by atoms with Gasteiger partial charge in [0.15, 0.2) is 0 Å². The number of hydrogen-bond acceptors (Lipinski definition) is 4. The molecule has 0 saturated carbocycles. The number of nitrogens with two attached hydrogens (primary N) is 1. The maximum absolute atomic E-state index is 11.2. The van der Waals surface area contributed by atoms with E-state index in [9.17, 15) is 4.79 Å². The van der Waals surface area contributed by atoms with Crippen LogP contribution in [0.3, 0.4) is 0 Å². The minimum Gasteiger partial charge on any atom is -0.466 e. The predicted octanol–water partition coefficient (Wildman–Crippen LogP) is 2.75. The topological polar surface area (TPSA) is 55.6 Å². The van der Waals surface area contributed by atoms with Gasteiger partial charge in [0.2, 0.25) is 0 Å². The summed E-state index contributed by atoms with van der Waals surface area (Å²) < 4.78 is 4.93. The van der Waals surface area contributed by atoms with Crippen LogP contribution in [-0.4, -0.2) is 30.6 Å². The van der Waals surface area contributed by atoms with Gasteiger partial charge in [-0.3, -0.25) is 9.69 Å². The van der Waals surface area contributed by atoms with Crippen molar-refractivity contribution in [3.05, 3.63) is 29.3 Å². The largest absolute Gasteiger partial charge is 0.466 e. The van der Waals surface area contributed by atoms with E-state index < -0.39 is 0 Å². The third-order valence-electron chi connectivity index (χ3n) is 3.98. The first-order chi connectivity index (χ1) is 10.2. The van der Waals surface area contributed by atoms with Crippen molar-refractivity contribution >= 4 is 11.7 Å². The predicted molar refractivity (Wildman–Crippen MR) is 84.9 cm³/mol. The van der Waals surface area contributed by atoms with E-state index in [4.69, 9.17) is 10.5 Å². The van der Waals surface area contributed by atoms with E-state index in [2.05, 4.69) is 17.0 Å².